The summed E-state index contributed by atoms with van der Waals surface area (Å²) in [5, 5.41) is 1.63. The summed E-state index contributed by atoms with van der Waals surface area (Å²) >= 11 is 0. The summed E-state index contributed by atoms with van der Waals surface area (Å²) in [4.78, 5) is 0. The molecular weight excluding hydrogens is 192 g/mol. The maximum absolute atomic E-state index is 5.69. The van der Waals surface area contributed by atoms with E-state index in [0.717, 1.165) is 13.0 Å². The summed E-state index contributed by atoms with van der Waals surface area (Å²) in [7, 11) is 0.903. The molecule has 0 heterocycles. The van der Waals surface area contributed by atoms with Gasteiger partial charge in [0.2, 0.25) is 0 Å². The summed E-state index contributed by atoms with van der Waals surface area (Å²) in [5.41, 5.74) is -0.0247. The third-order valence-electron chi connectivity index (χ3n) is 2.51. The number of hydrogen-bond donors (Lipinski definition) is 0. The molecule has 0 aromatic rings. The number of ether oxygens (including phenoxy) is 1. The smallest absolute Gasteiger partial charge is 0.0871 e. The van der Waals surface area contributed by atoms with Crippen molar-refractivity contribution in [2.45, 2.75) is 32.4 Å². The Morgan fingerprint density at radius 1 is 1.69 bits per heavy atom. The van der Waals surface area contributed by atoms with E-state index in [1.54, 1.807) is 5.20 Å². The fourth-order valence-corrected chi connectivity index (χ4v) is 3.95. The van der Waals surface area contributed by atoms with E-state index < -0.39 is 8.31 Å². The van der Waals surface area contributed by atoms with Crippen LogP contribution in [0.2, 0.25) is 6.55 Å². The molecule has 1 aliphatic carbocycles. The fourth-order valence-electron chi connectivity index (χ4n) is 1.59. The second kappa shape index (κ2) is 4.39. The van der Waals surface area contributed by atoms with Gasteiger partial charge in [-0.25, -0.2) is 0 Å². The lowest BCUT2D eigenvalue weighted by atomic mass is 9.97. The van der Waals surface area contributed by atoms with E-state index in [4.69, 9.17) is 4.74 Å². The fraction of sp³-hybridized carbons (Fsp3) is 0.600. The van der Waals surface area contributed by atoms with Crippen molar-refractivity contribution in [1.29, 1.82) is 0 Å². The third kappa shape index (κ3) is 2.93. The topological polar surface area (TPSA) is 9.23 Å². The Morgan fingerprint density at radius 2 is 2.38 bits per heavy atom. The molecule has 0 saturated heterocycles. The molecule has 2 atom stereocenters. The molecule has 0 aliphatic heterocycles. The number of allylic oxidation sites excluding steroid dienone is 2. The zero-order valence-electron chi connectivity index (χ0n) is 9.13. The van der Waals surface area contributed by atoms with Gasteiger partial charge in [-0.3, -0.25) is 0 Å². The number of hydrogen-bond acceptors (Lipinski definition) is 1. The zero-order valence-corrected chi connectivity index (χ0v) is 12.3. The molecule has 0 aromatic carbocycles. The summed E-state index contributed by atoms with van der Waals surface area (Å²) in [5.74, 6) is 0. The monoisotopic (exact) mass is 212 g/mol. The predicted octanol–water partition coefficient (Wildman–Crippen LogP) is 0.926. The Hall–Kier alpha value is -0.126. The predicted molar refractivity (Wildman–Crippen MR) is 64.8 cm³/mol. The van der Waals surface area contributed by atoms with E-state index in [9.17, 15) is 0 Å². The second-order valence-corrected chi connectivity index (χ2v) is 12.3. The lowest BCUT2D eigenvalue weighted by molar-refractivity contribution is 0.0152. The Labute approximate surface area is 85.7 Å². The zero-order chi connectivity index (χ0) is 9.90. The van der Waals surface area contributed by atoms with Gasteiger partial charge in [0.25, 0.3) is 0 Å². The first-order chi connectivity index (χ1) is 6.07. The molecule has 0 fully saturated rings. The maximum atomic E-state index is 5.69. The normalized spacial score (nSPS) is 30.2. The first kappa shape index (κ1) is 11.0. The maximum Gasteiger partial charge on any atom is 0.0871 e. The molecule has 0 N–H and O–H groups in total. The van der Waals surface area contributed by atoms with Gasteiger partial charge in [-0.1, -0.05) is 30.0 Å². The molecular formula is C10H20OSi2. The summed E-state index contributed by atoms with van der Waals surface area (Å²) in [6.07, 6.45) is 7.99. The van der Waals surface area contributed by atoms with E-state index in [-0.39, 0.29) is 5.60 Å². The van der Waals surface area contributed by atoms with Crippen LogP contribution in [0.3, 0.4) is 0 Å². The van der Waals surface area contributed by atoms with Gasteiger partial charge >= 0.3 is 0 Å². The Kier molecular flexibility index (Phi) is 3.70. The van der Waals surface area contributed by atoms with Crippen molar-refractivity contribution in [3.8, 4) is 0 Å². The van der Waals surface area contributed by atoms with Crippen LogP contribution in [0.15, 0.2) is 23.4 Å². The molecule has 13 heavy (non-hydrogen) atoms. The minimum atomic E-state index is -0.472. The van der Waals surface area contributed by atoms with Crippen LogP contribution in [0.25, 0.3) is 0 Å². The van der Waals surface area contributed by atoms with Gasteiger partial charge in [-0.2, -0.15) is 0 Å². The molecule has 0 saturated carbocycles. The molecule has 0 radical (unpaired) electrons. The van der Waals surface area contributed by atoms with Crippen LogP contribution in [0.5, 0.6) is 0 Å². The van der Waals surface area contributed by atoms with Crippen LogP contribution in [-0.4, -0.2) is 30.3 Å². The molecule has 1 rings (SSSR count). The summed E-state index contributed by atoms with van der Waals surface area (Å²) in [6, 6.07) is 0. The van der Waals surface area contributed by atoms with Gasteiger partial charge in [0.1, 0.15) is 0 Å². The first-order valence-corrected chi connectivity index (χ1v) is 11.5. The van der Waals surface area contributed by atoms with E-state index in [0.29, 0.717) is 0 Å². The first-order valence-electron chi connectivity index (χ1n) is 5.10. The van der Waals surface area contributed by atoms with E-state index in [2.05, 4.69) is 38.6 Å². The van der Waals surface area contributed by atoms with Gasteiger partial charge in [-0.05, 0) is 20.3 Å². The summed E-state index contributed by atoms with van der Waals surface area (Å²) in [6.45, 7) is 7.45. The average molecular weight is 212 g/mol. The van der Waals surface area contributed by atoms with Crippen molar-refractivity contribution >= 4 is 18.1 Å². The lowest BCUT2D eigenvalue weighted by Gasteiger charge is -2.28. The third-order valence-corrected chi connectivity index (χ3v) is 6.27. The minimum Gasteiger partial charge on any atom is -0.371 e. The Balaban J connectivity index is 2.61. The SMILES string of the molecule is CCOC1(C)C=CC([SiH](C)[SiH3])=CC1. The van der Waals surface area contributed by atoms with Crippen LogP contribution < -0.4 is 0 Å². The van der Waals surface area contributed by atoms with E-state index in [1.807, 2.05) is 0 Å². The quantitative estimate of drug-likeness (QED) is 0.632. The number of rotatable bonds is 3. The standard InChI is InChI=1S/C10H20OSi2/c1-4-11-10(2)7-5-9(6-8-10)13(3)12/h5-7,13H,4,8H2,1-3,12H3. The van der Waals surface area contributed by atoms with Gasteiger partial charge < -0.3 is 4.74 Å². The van der Waals surface area contributed by atoms with Gasteiger partial charge in [0.15, 0.2) is 0 Å². The molecule has 1 aliphatic rings. The molecule has 0 bridgehead atoms. The average Bonchev–Trinajstić information content (AvgIpc) is 2.05. The summed E-state index contributed by atoms with van der Waals surface area (Å²) < 4.78 is 5.69. The van der Waals surface area contributed by atoms with Crippen molar-refractivity contribution in [2.24, 2.45) is 0 Å². The molecule has 74 valence electrons. The molecule has 3 heteroatoms. The minimum absolute atomic E-state index is 0.0247. The van der Waals surface area contributed by atoms with E-state index >= 15 is 0 Å². The van der Waals surface area contributed by atoms with Crippen LogP contribution in [0, 0.1) is 0 Å². The molecule has 0 aromatic heterocycles. The Bertz CT molecular complexity index is 233. The van der Waals surface area contributed by atoms with Crippen molar-refractivity contribution in [3.63, 3.8) is 0 Å². The molecule has 2 unspecified atom stereocenters. The highest BCUT2D eigenvalue weighted by Gasteiger charge is 2.22. The van der Waals surface area contributed by atoms with Gasteiger partial charge in [-0.15, -0.1) is 0 Å². The second-order valence-electron chi connectivity index (χ2n) is 4.14. The highest BCUT2D eigenvalue weighted by atomic mass is 29.1. The van der Waals surface area contributed by atoms with Crippen molar-refractivity contribution in [2.75, 3.05) is 6.61 Å². The van der Waals surface area contributed by atoms with Crippen molar-refractivity contribution < 1.29 is 4.74 Å². The Morgan fingerprint density at radius 3 is 2.77 bits per heavy atom. The van der Waals surface area contributed by atoms with Crippen LogP contribution in [-0.2, 0) is 4.74 Å². The highest BCUT2D eigenvalue weighted by molar-refractivity contribution is 7.07. The van der Waals surface area contributed by atoms with Crippen LogP contribution in [0.1, 0.15) is 20.3 Å². The van der Waals surface area contributed by atoms with Crippen LogP contribution >= 0.6 is 0 Å². The molecule has 1 nitrogen and oxygen atoms in total. The molecule has 0 spiro atoms. The van der Waals surface area contributed by atoms with Crippen molar-refractivity contribution in [3.05, 3.63) is 23.4 Å². The molecule has 0 amide bonds. The van der Waals surface area contributed by atoms with Gasteiger partial charge in [0.05, 0.1) is 13.9 Å². The lowest BCUT2D eigenvalue weighted by Crippen LogP contribution is -2.28. The van der Waals surface area contributed by atoms with Gasteiger partial charge in [0, 0.05) is 16.4 Å². The van der Waals surface area contributed by atoms with E-state index in [1.165, 1.54) is 9.76 Å². The largest absolute Gasteiger partial charge is 0.371 e. The highest BCUT2D eigenvalue weighted by Crippen LogP contribution is 2.24. The van der Waals surface area contributed by atoms with Crippen LogP contribution in [0.4, 0.5) is 0 Å². The van der Waals surface area contributed by atoms with Crippen molar-refractivity contribution in [1.82, 2.24) is 0 Å².